The zero-order valence-corrected chi connectivity index (χ0v) is 18.9. The van der Waals surface area contributed by atoms with Gasteiger partial charge in [0.2, 0.25) is 0 Å². The maximum absolute atomic E-state index is 13.2. The number of nitrogens with zero attached hydrogens (tertiary/aromatic N) is 3. The number of carbonyl (C=O) groups is 1. The predicted molar refractivity (Wildman–Crippen MR) is 122 cm³/mol. The van der Waals surface area contributed by atoms with Crippen molar-refractivity contribution in [1.82, 2.24) is 20.1 Å². The van der Waals surface area contributed by atoms with Crippen molar-refractivity contribution < 1.29 is 13.9 Å². The number of thioether (sulfide) groups is 1. The Morgan fingerprint density at radius 1 is 1.09 bits per heavy atom. The highest BCUT2D eigenvalue weighted by atomic mass is 32.2. The van der Waals surface area contributed by atoms with Crippen LogP contribution < -0.4 is 10.1 Å². The molecule has 3 aromatic rings. The van der Waals surface area contributed by atoms with E-state index in [1.807, 2.05) is 0 Å². The van der Waals surface area contributed by atoms with E-state index in [4.69, 9.17) is 4.74 Å². The van der Waals surface area contributed by atoms with Gasteiger partial charge < -0.3 is 14.6 Å². The summed E-state index contributed by atoms with van der Waals surface area (Å²) in [5, 5.41) is 12.7. The lowest BCUT2D eigenvalue weighted by molar-refractivity contribution is 0.0949. The van der Waals surface area contributed by atoms with Gasteiger partial charge in [-0.05, 0) is 54.8 Å². The number of methoxy groups -OCH3 is 1. The average molecular weight is 455 g/mol. The van der Waals surface area contributed by atoms with Crippen LogP contribution in [0.4, 0.5) is 4.39 Å². The Hall–Kier alpha value is -2.87. The van der Waals surface area contributed by atoms with Crippen LogP contribution in [0, 0.1) is 5.82 Å². The number of carbonyl (C=O) groups excluding carboxylic acids is 1. The predicted octanol–water partition coefficient (Wildman–Crippen LogP) is 5.15. The van der Waals surface area contributed by atoms with Crippen molar-refractivity contribution in [1.29, 1.82) is 0 Å². The van der Waals surface area contributed by atoms with Crippen LogP contribution in [0.25, 0.3) is 0 Å². The molecule has 0 unspecified atom stereocenters. The van der Waals surface area contributed by atoms with Crippen molar-refractivity contribution in [3.05, 3.63) is 71.3 Å². The molecule has 32 heavy (non-hydrogen) atoms. The monoisotopic (exact) mass is 454 g/mol. The zero-order valence-electron chi connectivity index (χ0n) is 18.1. The number of rotatable bonds is 8. The molecule has 1 saturated carbocycles. The molecule has 1 fully saturated rings. The molecule has 1 aliphatic carbocycles. The second-order valence-electron chi connectivity index (χ2n) is 7.89. The lowest BCUT2D eigenvalue weighted by Gasteiger charge is -2.25. The minimum absolute atomic E-state index is 0.161. The molecule has 168 valence electrons. The fourth-order valence-corrected chi connectivity index (χ4v) is 4.94. The SMILES string of the molecule is COc1ccc(C(=O)NCc2nnc(SCc3ccc(F)cc3)n2C2CCCCC2)cc1. The highest BCUT2D eigenvalue weighted by Gasteiger charge is 2.23. The Morgan fingerprint density at radius 2 is 1.81 bits per heavy atom. The van der Waals surface area contributed by atoms with Gasteiger partial charge in [0.15, 0.2) is 11.0 Å². The number of benzene rings is 2. The number of amides is 1. The molecule has 1 amide bonds. The molecular formula is C24H27FN4O2S. The fourth-order valence-electron chi connectivity index (χ4n) is 3.96. The Labute approximate surface area is 191 Å². The Bertz CT molecular complexity index is 1030. The van der Waals surface area contributed by atoms with E-state index in [0.29, 0.717) is 29.7 Å². The largest absolute Gasteiger partial charge is 0.497 e. The van der Waals surface area contributed by atoms with Gasteiger partial charge in [-0.2, -0.15) is 0 Å². The number of halogens is 1. The van der Waals surface area contributed by atoms with Crippen molar-refractivity contribution >= 4 is 17.7 Å². The van der Waals surface area contributed by atoms with Gasteiger partial charge in [0, 0.05) is 17.4 Å². The first-order valence-corrected chi connectivity index (χ1v) is 11.9. The summed E-state index contributed by atoms with van der Waals surface area (Å²) in [6, 6.07) is 13.9. The number of nitrogens with one attached hydrogen (secondary N) is 1. The Balaban J connectivity index is 1.47. The molecular weight excluding hydrogens is 427 g/mol. The van der Waals surface area contributed by atoms with Crippen LogP contribution in [-0.2, 0) is 12.3 Å². The fraction of sp³-hybridized carbons (Fsp3) is 0.375. The molecule has 2 aromatic carbocycles. The molecule has 1 aliphatic rings. The van der Waals surface area contributed by atoms with E-state index < -0.39 is 0 Å². The smallest absolute Gasteiger partial charge is 0.251 e. The van der Waals surface area contributed by atoms with Gasteiger partial charge in [-0.1, -0.05) is 43.2 Å². The maximum Gasteiger partial charge on any atom is 0.251 e. The van der Waals surface area contributed by atoms with Crippen LogP contribution in [-0.4, -0.2) is 27.8 Å². The molecule has 1 N–H and O–H groups in total. The third-order valence-electron chi connectivity index (χ3n) is 5.72. The van der Waals surface area contributed by atoms with Gasteiger partial charge in [-0.3, -0.25) is 4.79 Å². The van der Waals surface area contributed by atoms with Crippen LogP contribution in [0.2, 0.25) is 0 Å². The van der Waals surface area contributed by atoms with Crippen LogP contribution in [0.3, 0.4) is 0 Å². The normalized spacial score (nSPS) is 14.3. The summed E-state index contributed by atoms with van der Waals surface area (Å²) in [7, 11) is 1.60. The van der Waals surface area contributed by atoms with Crippen molar-refractivity contribution in [2.24, 2.45) is 0 Å². The highest BCUT2D eigenvalue weighted by Crippen LogP contribution is 2.33. The number of hydrogen-bond acceptors (Lipinski definition) is 5. The van der Waals surface area contributed by atoms with Crippen LogP contribution in [0.15, 0.2) is 53.7 Å². The molecule has 0 aliphatic heterocycles. The molecule has 0 saturated heterocycles. The molecule has 0 spiro atoms. The minimum Gasteiger partial charge on any atom is -0.497 e. The van der Waals surface area contributed by atoms with E-state index in [0.717, 1.165) is 29.4 Å². The average Bonchev–Trinajstić information content (AvgIpc) is 3.25. The summed E-state index contributed by atoms with van der Waals surface area (Å²) in [6.07, 6.45) is 5.79. The molecule has 0 radical (unpaired) electrons. The third kappa shape index (κ3) is 5.48. The highest BCUT2D eigenvalue weighted by molar-refractivity contribution is 7.98. The first-order valence-electron chi connectivity index (χ1n) is 10.9. The van der Waals surface area contributed by atoms with Gasteiger partial charge in [0.1, 0.15) is 11.6 Å². The van der Waals surface area contributed by atoms with Crippen molar-refractivity contribution in [2.45, 2.75) is 55.6 Å². The second-order valence-corrected chi connectivity index (χ2v) is 8.83. The van der Waals surface area contributed by atoms with E-state index >= 15 is 0 Å². The van der Waals surface area contributed by atoms with E-state index in [9.17, 15) is 9.18 Å². The lowest BCUT2D eigenvalue weighted by Crippen LogP contribution is -2.26. The summed E-state index contributed by atoms with van der Waals surface area (Å²) in [5.41, 5.74) is 1.60. The molecule has 0 bridgehead atoms. The first-order chi connectivity index (χ1) is 15.6. The van der Waals surface area contributed by atoms with Crippen molar-refractivity contribution in [2.75, 3.05) is 7.11 Å². The Morgan fingerprint density at radius 3 is 2.50 bits per heavy atom. The summed E-state index contributed by atoms with van der Waals surface area (Å²) in [5.74, 6) is 1.76. The summed E-state index contributed by atoms with van der Waals surface area (Å²) < 4.78 is 20.5. The molecule has 8 heteroatoms. The van der Waals surface area contributed by atoms with Crippen molar-refractivity contribution in [3.63, 3.8) is 0 Å². The third-order valence-corrected chi connectivity index (χ3v) is 6.73. The van der Waals surface area contributed by atoms with Gasteiger partial charge in [-0.15, -0.1) is 10.2 Å². The quantitative estimate of drug-likeness (QED) is 0.477. The summed E-state index contributed by atoms with van der Waals surface area (Å²) in [6.45, 7) is 0.311. The summed E-state index contributed by atoms with van der Waals surface area (Å²) in [4.78, 5) is 12.6. The van der Waals surface area contributed by atoms with Gasteiger partial charge in [-0.25, -0.2) is 4.39 Å². The first kappa shape index (κ1) is 22.3. The lowest BCUT2D eigenvalue weighted by atomic mass is 9.95. The number of hydrogen-bond donors (Lipinski definition) is 1. The van der Waals surface area contributed by atoms with E-state index in [1.54, 1.807) is 55.3 Å². The number of aromatic nitrogens is 3. The molecule has 1 aromatic heterocycles. The second kappa shape index (κ2) is 10.6. The number of ether oxygens (including phenoxy) is 1. The van der Waals surface area contributed by atoms with Crippen LogP contribution in [0.5, 0.6) is 5.75 Å². The Kier molecular flexibility index (Phi) is 7.42. The molecule has 4 rings (SSSR count). The van der Waals surface area contributed by atoms with Crippen molar-refractivity contribution in [3.8, 4) is 5.75 Å². The van der Waals surface area contributed by atoms with E-state index in [-0.39, 0.29) is 11.7 Å². The molecule has 0 atom stereocenters. The molecule has 1 heterocycles. The zero-order chi connectivity index (χ0) is 22.3. The van der Waals surface area contributed by atoms with Crippen LogP contribution >= 0.6 is 11.8 Å². The molecule has 6 nitrogen and oxygen atoms in total. The topological polar surface area (TPSA) is 69.0 Å². The van der Waals surface area contributed by atoms with Gasteiger partial charge in [0.25, 0.3) is 5.91 Å². The van der Waals surface area contributed by atoms with Gasteiger partial charge >= 0.3 is 0 Å². The maximum atomic E-state index is 13.2. The van der Waals surface area contributed by atoms with Crippen LogP contribution in [0.1, 0.15) is 59.9 Å². The van der Waals surface area contributed by atoms with E-state index in [2.05, 4.69) is 20.1 Å². The minimum atomic E-state index is -0.237. The summed E-state index contributed by atoms with van der Waals surface area (Å²) >= 11 is 1.60. The van der Waals surface area contributed by atoms with E-state index in [1.165, 1.54) is 31.4 Å². The standard InChI is InChI=1S/C24H27FN4O2S/c1-31-21-13-9-18(10-14-21)23(30)26-15-22-27-28-24(29(22)20-5-3-2-4-6-20)32-16-17-7-11-19(25)12-8-17/h7-14,20H,2-6,15-16H2,1H3,(H,26,30). The van der Waals surface area contributed by atoms with Gasteiger partial charge in [0.05, 0.1) is 13.7 Å².